The number of rotatable bonds is 8. The molecule has 0 bridgehead atoms. The first-order chi connectivity index (χ1) is 16.2. The molecule has 5 rings (SSSR count). The monoisotopic (exact) mass is 453 g/mol. The predicted octanol–water partition coefficient (Wildman–Crippen LogP) is 1.85. The van der Waals surface area contributed by atoms with Crippen LogP contribution in [0.4, 0.5) is 5.69 Å². The summed E-state index contributed by atoms with van der Waals surface area (Å²) in [6.45, 7) is 4.99. The number of aliphatic imine (C=N–C) groups is 2. The van der Waals surface area contributed by atoms with Crippen LogP contribution in [-0.4, -0.2) is 86.8 Å². The topological polar surface area (TPSA) is 101 Å². The van der Waals surface area contributed by atoms with Gasteiger partial charge in [0, 0.05) is 25.2 Å². The molecule has 1 atom stereocenters. The number of carbonyl (C=O) groups is 1. The molecule has 1 N–H and O–H groups in total. The van der Waals surface area contributed by atoms with Crippen LogP contribution in [0.5, 0.6) is 5.75 Å². The lowest BCUT2D eigenvalue weighted by Crippen LogP contribution is -2.52. The molecule has 1 unspecified atom stereocenters. The Kier molecular flexibility index (Phi) is 6.12. The quantitative estimate of drug-likeness (QED) is 0.481. The maximum atomic E-state index is 12.9. The van der Waals surface area contributed by atoms with Crippen molar-refractivity contribution in [3.05, 3.63) is 47.9 Å². The number of fused-ring (bicyclic) bond motifs is 3. The van der Waals surface area contributed by atoms with Gasteiger partial charge in [0.05, 0.1) is 46.1 Å². The zero-order valence-corrected chi connectivity index (χ0v) is 18.5. The summed E-state index contributed by atoms with van der Waals surface area (Å²) in [5, 5.41) is 2.94. The summed E-state index contributed by atoms with van der Waals surface area (Å²) < 4.78 is 22.4. The van der Waals surface area contributed by atoms with Gasteiger partial charge in [-0.1, -0.05) is 6.07 Å². The second-order valence-electron chi connectivity index (χ2n) is 8.04. The minimum Gasteiger partial charge on any atom is -0.494 e. The minimum absolute atomic E-state index is 0.201. The smallest absolute Gasteiger partial charge is 0.290 e. The van der Waals surface area contributed by atoms with Gasteiger partial charge >= 0.3 is 0 Å². The summed E-state index contributed by atoms with van der Waals surface area (Å²) >= 11 is 0. The molecule has 10 nitrogen and oxygen atoms in total. The molecule has 33 heavy (non-hydrogen) atoms. The van der Waals surface area contributed by atoms with E-state index in [9.17, 15) is 4.79 Å². The number of hydrogen-bond donors (Lipinski definition) is 1. The van der Waals surface area contributed by atoms with E-state index in [2.05, 4.69) is 15.2 Å². The highest BCUT2D eigenvalue weighted by Gasteiger charge is 2.44. The SMILES string of the molecule is COc1cccc2c1N=CN1CC(NC(=O)c3ccco3)(OCCCN3CCOCC3)N=C21. The van der Waals surface area contributed by atoms with Crippen LogP contribution < -0.4 is 10.1 Å². The molecule has 0 spiro atoms. The molecule has 3 aliphatic rings. The molecule has 1 amide bonds. The lowest BCUT2D eigenvalue weighted by Gasteiger charge is -2.29. The van der Waals surface area contributed by atoms with Crippen molar-refractivity contribution in [3.8, 4) is 5.75 Å². The van der Waals surface area contributed by atoms with Crippen LogP contribution in [0.1, 0.15) is 22.5 Å². The maximum Gasteiger partial charge on any atom is 0.290 e. The van der Waals surface area contributed by atoms with Crippen molar-refractivity contribution in [1.29, 1.82) is 0 Å². The van der Waals surface area contributed by atoms with Crippen LogP contribution in [0.2, 0.25) is 0 Å². The number of amidine groups is 1. The summed E-state index contributed by atoms with van der Waals surface area (Å²) in [5.74, 6) is -0.116. The molecule has 1 aromatic carbocycles. The molecule has 0 aliphatic carbocycles. The van der Waals surface area contributed by atoms with Crippen LogP contribution >= 0.6 is 0 Å². The third-order valence-electron chi connectivity index (χ3n) is 5.85. The molecule has 3 aliphatic heterocycles. The van der Waals surface area contributed by atoms with Gasteiger partial charge in [-0.25, -0.2) is 9.98 Å². The fourth-order valence-electron chi connectivity index (χ4n) is 4.20. The number of para-hydroxylation sites is 1. The van der Waals surface area contributed by atoms with Crippen molar-refractivity contribution < 1.29 is 23.4 Å². The molecule has 1 saturated heterocycles. The predicted molar refractivity (Wildman–Crippen MR) is 121 cm³/mol. The molecule has 1 aromatic heterocycles. The Morgan fingerprint density at radius 1 is 1.24 bits per heavy atom. The average molecular weight is 453 g/mol. The number of nitrogens with one attached hydrogen (secondary N) is 1. The third kappa shape index (κ3) is 4.50. The Balaban J connectivity index is 1.36. The largest absolute Gasteiger partial charge is 0.494 e. The van der Waals surface area contributed by atoms with E-state index in [1.807, 2.05) is 23.1 Å². The number of hydrogen-bond acceptors (Lipinski definition) is 9. The fraction of sp³-hybridized carbons (Fsp3) is 0.435. The standard InChI is InChI=1S/C23H27N5O5/c1-30-18-6-2-5-17-20(18)24-16-28-15-23(25-21(17)28,26-22(29)19-7-3-11-32-19)33-12-4-8-27-9-13-31-14-10-27/h2-3,5-7,11,16H,4,8-10,12-15H2,1H3,(H,26,29). The number of nitrogens with zero attached hydrogens (tertiary/aromatic N) is 4. The van der Waals surface area contributed by atoms with Gasteiger partial charge in [0.25, 0.3) is 11.8 Å². The first-order valence-electron chi connectivity index (χ1n) is 11.1. The van der Waals surface area contributed by atoms with Crippen molar-refractivity contribution in [2.75, 3.05) is 53.1 Å². The minimum atomic E-state index is -1.26. The lowest BCUT2D eigenvalue weighted by atomic mass is 10.1. The van der Waals surface area contributed by atoms with Gasteiger partial charge in [0.2, 0.25) is 0 Å². The molecule has 10 heteroatoms. The van der Waals surface area contributed by atoms with E-state index in [0.717, 1.165) is 44.8 Å². The Morgan fingerprint density at radius 2 is 2.12 bits per heavy atom. The Labute approximate surface area is 191 Å². The molecule has 174 valence electrons. The van der Waals surface area contributed by atoms with Gasteiger partial charge < -0.3 is 28.8 Å². The van der Waals surface area contributed by atoms with E-state index in [1.54, 1.807) is 25.6 Å². The van der Waals surface area contributed by atoms with E-state index in [1.165, 1.54) is 6.26 Å². The number of ether oxygens (including phenoxy) is 3. The van der Waals surface area contributed by atoms with Gasteiger partial charge in [-0.3, -0.25) is 9.69 Å². The summed E-state index contributed by atoms with van der Waals surface area (Å²) in [7, 11) is 1.61. The van der Waals surface area contributed by atoms with Gasteiger partial charge in [0.1, 0.15) is 17.3 Å². The molecule has 0 saturated carbocycles. The van der Waals surface area contributed by atoms with Crippen LogP contribution in [0.3, 0.4) is 0 Å². The van der Waals surface area contributed by atoms with E-state index in [-0.39, 0.29) is 11.7 Å². The summed E-state index contributed by atoms with van der Waals surface area (Å²) in [4.78, 5) is 26.5. The number of methoxy groups -OCH3 is 1. The van der Waals surface area contributed by atoms with E-state index < -0.39 is 5.85 Å². The van der Waals surface area contributed by atoms with Crippen LogP contribution in [-0.2, 0) is 9.47 Å². The van der Waals surface area contributed by atoms with E-state index in [4.69, 9.17) is 23.6 Å². The Morgan fingerprint density at radius 3 is 2.91 bits per heavy atom. The number of furan rings is 1. The highest BCUT2D eigenvalue weighted by Crippen LogP contribution is 2.37. The first-order valence-corrected chi connectivity index (χ1v) is 11.1. The highest BCUT2D eigenvalue weighted by atomic mass is 16.5. The van der Waals surface area contributed by atoms with Gasteiger partial charge in [-0.05, 0) is 30.7 Å². The number of amides is 1. The number of morpholine rings is 1. The maximum absolute atomic E-state index is 12.9. The van der Waals surface area contributed by atoms with Gasteiger partial charge in [-0.2, -0.15) is 0 Å². The zero-order chi connectivity index (χ0) is 22.7. The van der Waals surface area contributed by atoms with Crippen molar-refractivity contribution in [1.82, 2.24) is 15.1 Å². The lowest BCUT2D eigenvalue weighted by molar-refractivity contribution is -0.0584. The molecule has 1 fully saturated rings. The second kappa shape index (κ2) is 9.34. The van der Waals surface area contributed by atoms with Crippen LogP contribution in [0, 0.1) is 0 Å². The van der Waals surface area contributed by atoms with Crippen molar-refractivity contribution in [3.63, 3.8) is 0 Å². The third-order valence-corrected chi connectivity index (χ3v) is 5.85. The Hall–Kier alpha value is -3.21. The molecule has 2 aromatic rings. The summed E-state index contributed by atoms with van der Waals surface area (Å²) in [6, 6.07) is 8.96. The molecule has 4 heterocycles. The fourth-order valence-corrected chi connectivity index (χ4v) is 4.20. The summed E-state index contributed by atoms with van der Waals surface area (Å²) in [5.41, 5.74) is 1.53. The van der Waals surface area contributed by atoms with Crippen molar-refractivity contribution in [2.45, 2.75) is 12.3 Å². The second-order valence-corrected chi connectivity index (χ2v) is 8.04. The van der Waals surface area contributed by atoms with Crippen molar-refractivity contribution >= 4 is 23.8 Å². The normalized spacial score (nSPS) is 22.0. The average Bonchev–Trinajstić information content (AvgIpc) is 3.51. The zero-order valence-electron chi connectivity index (χ0n) is 18.5. The summed E-state index contributed by atoms with van der Waals surface area (Å²) in [6.07, 6.45) is 3.97. The van der Waals surface area contributed by atoms with Crippen LogP contribution in [0.15, 0.2) is 51.0 Å². The van der Waals surface area contributed by atoms with E-state index >= 15 is 0 Å². The molecular weight excluding hydrogens is 426 g/mol. The van der Waals surface area contributed by atoms with Crippen molar-refractivity contribution in [2.24, 2.45) is 9.98 Å². The number of benzene rings is 1. The first kappa shape index (κ1) is 21.6. The van der Waals surface area contributed by atoms with Gasteiger partial charge in [0.15, 0.2) is 5.76 Å². The molecular formula is C23H27N5O5. The Bertz CT molecular complexity index is 1050. The molecule has 0 radical (unpaired) electrons. The van der Waals surface area contributed by atoms with Gasteiger partial charge in [-0.15, -0.1) is 0 Å². The number of carbonyl (C=O) groups excluding carboxylic acids is 1. The van der Waals surface area contributed by atoms with E-state index in [0.29, 0.717) is 30.4 Å². The van der Waals surface area contributed by atoms with Crippen LogP contribution in [0.25, 0.3) is 0 Å². The highest BCUT2D eigenvalue weighted by molar-refractivity contribution is 6.12.